The fourth-order valence-corrected chi connectivity index (χ4v) is 6.70. The van der Waals surface area contributed by atoms with Gasteiger partial charge in [-0.2, -0.15) is 0 Å². The molecule has 0 bridgehead atoms. The van der Waals surface area contributed by atoms with Crippen LogP contribution in [0, 0.1) is 23.7 Å². The predicted octanol–water partition coefficient (Wildman–Crippen LogP) is 10.6. The lowest BCUT2D eigenvalue weighted by Gasteiger charge is -2.44. The van der Waals surface area contributed by atoms with Crippen molar-refractivity contribution in [3.63, 3.8) is 0 Å². The molecular formula is C38H68O4Si. The molecule has 248 valence electrons. The highest BCUT2D eigenvalue weighted by molar-refractivity contribution is 6.74. The topological polar surface area (TPSA) is 47.9 Å². The van der Waals surface area contributed by atoms with Gasteiger partial charge in [0.25, 0.3) is 0 Å². The van der Waals surface area contributed by atoms with Gasteiger partial charge in [-0.3, -0.25) is 0 Å². The quantitative estimate of drug-likeness (QED) is 0.100. The second-order valence-electron chi connectivity index (χ2n) is 14.8. The van der Waals surface area contributed by atoms with E-state index in [1.54, 1.807) is 0 Å². The summed E-state index contributed by atoms with van der Waals surface area (Å²) < 4.78 is 18.8. The van der Waals surface area contributed by atoms with Crippen LogP contribution in [0.25, 0.3) is 0 Å². The molecule has 1 N–H and O–H groups in total. The second kappa shape index (κ2) is 18.7. The second-order valence-corrected chi connectivity index (χ2v) is 19.6. The number of aliphatic hydroxyl groups excluding tert-OH is 1. The zero-order chi connectivity index (χ0) is 33.0. The van der Waals surface area contributed by atoms with Crippen molar-refractivity contribution in [3.05, 3.63) is 59.8 Å². The van der Waals surface area contributed by atoms with Gasteiger partial charge in [-0.25, -0.2) is 0 Å². The maximum Gasteiger partial charge on any atom is 0.192 e. The van der Waals surface area contributed by atoms with Crippen molar-refractivity contribution in [1.82, 2.24) is 0 Å². The van der Waals surface area contributed by atoms with Crippen molar-refractivity contribution in [1.29, 1.82) is 0 Å². The van der Waals surface area contributed by atoms with Gasteiger partial charge in [0.15, 0.2) is 14.6 Å². The van der Waals surface area contributed by atoms with E-state index in [4.69, 9.17) is 13.9 Å². The minimum absolute atomic E-state index is 0.0470. The zero-order valence-corrected chi connectivity index (χ0v) is 31.3. The Kier molecular flexibility index (Phi) is 17.3. The average molecular weight is 617 g/mol. The molecule has 4 nitrogen and oxygen atoms in total. The molecular weight excluding hydrogens is 549 g/mol. The van der Waals surface area contributed by atoms with Crippen LogP contribution in [-0.4, -0.2) is 44.1 Å². The minimum Gasteiger partial charge on any atom is -0.413 e. The molecule has 0 spiro atoms. The zero-order valence-electron chi connectivity index (χ0n) is 30.3. The van der Waals surface area contributed by atoms with Crippen LogP contribution in [0.3, 0.4) is 0 Å². The summed E-state index contributed by atoms with van der Waals surface area (Å²) in [6, 6.07) is 0. The van der Waals surface area contributed by atoms with E-state index in [0.717, 1.165) is 25.7 Å². The van der Waals surface area contributed by atoms with Gasteiger partial charge in [0.2, 0.25) is 0 Å². The van der Waals surface area contributed by atoms with Gasteiger partial charge in [-0.1, -0.05) is 122 Å². The van der Waals surface area contributed by atoms with E-state index in [9.17, 15) is 5.11 Å². The van der Waals surface area contributed by atoms with E-state index in [0.29, 0.717) is 11.8 Å². The average Bonchev–Trinajstić information content (AvgIpc) is 2.91. The number of allylic oxidation sites excluding steroid dienone is 6. The summed E-state index contributed by atoms with van der Waals surface area (Å²) in [5.41, 5.74) is 2.52. The van der Waals surface area contributed by atoms with Gasteiger partial charge >= 0.3 is 0 Å². The molecule has 43 heavy (non-hydrogen) atoms. The molecule has 1 aliphatic heterocycles. The number of ether oxygens (including phenoxy) is 2. The van der Waals surface area contributed by atoms with E-state index >= 15 is 0 Å². The van der Waals surface area contributed by atoms with Gasteiger partial charge in [0.05, 0.1) is 24.4 Å². The molecule has 1 aliphatic rings. The molecule has 0 saturated carbocycles. The van der Waals surface area contributed by atoms with Crippen molar-refractivity contribution in [2.45, 2.75) is 158 Å². The lowest BCUT2D eigenvalue weighted by molar-refractivity contribution is -0.154. The van der Waals surface area contributed by atoms with Crippen LogP contribution in [0.2, 0.25) is 18.1 Å². The van der Waals surface area contributed by atoms with Gasteiger partial charge in [-0.05, 0) is 76.1 Å². The molecule has 1 rings (SSSR count). The molecule has 0 radical (unpaired) electrons. The summed E-state index contributed by atoms with van der Waals surface area (Å²) in [4.78, 5) is 0. The fourth-order valence-electron chi connectivity index (χ4n) is 5.22. The highest BCUT2D eigenvalue weighted by atomic mass is 28.4. The molecule has 0 fully saturated rings. The molecule has 0 amide bonds. The minimum atomic E-state index is -1.95. The summed E-state index contributed by atoms with van der Waals surface area (Å²) in [6.45, 7) is 31.0. The summed E-state index contributed by atoms with van der Waals surface area (Å²) in [7, 11) is -1.95. The highest BCUT2D eigenvalue weighted by Crippen LogP contribution is 2.40. The predicted molar refractivity (Wildman–Crippen MR) is 189 cm³/mol. The fraction of sp³-hybridized carbons (Fsp3) is 0.737. The maximum atomic E-state index is 11.4. The molecule has 1 heterocycles. The van der Waals surface area contributed by atoms with Gasteiger partial charge < -0.3 is 19.0 Å². The van der Waals surface area contributed by atoms with Crippen molar-refractivity contribution in [2.24, 2.45) is 23.7 Å². The summed E-state index contributed by atoms with van der Waals surface area (Å²) in [5.74, 6) is 0.933. The van der Waals surface area contributed by atoms with Crippen molar-refractivity contribution < 1.29 is 19.0 Å². The van der Waals surface area contributed by atoms with Gasteiger partial charge in [-0.15, -0.1) is 0 Å². The van der Waals surface area contributed by atoms with Gasteiger partial charge in [0, 0.05) is 11.8 Å². The van der Waals surface area contributed by atoms with Crippen LogP contribution in [0.1, 0.15) is 109 Å². The van der Waals surface area contributed by atoms with Gasteiger partial charge in [0.1, 0.15) is 0 Å². The van der Waals surface area contributed by atoms with Crippen molar-refractivity contribution in [2.75, 3.05) is 0 Å². The van der Waals surface area contributed by atoms with E-state index in [1.807, 2.05) is 19.9 Å². The monoisotopic (exact) mass is 616 g/mol. The highest BCUT2D eigenvalue weighted by Gasteiger charge is 2.42. The molecule has 5 heteroatoms. The number of hydrogen-bond donors (Lipinski definition) is 1. The Hall–Kier alpha value is -1.24. The number of aliphatic hydroxyl groups is 1. The van der Waals surface area contributed by atoms with Crippen LogP contribution in [-0.2, 0) is 13.9 Å². The van der Waals surface area contributed by atoms with Crippen LogP contribution in [0.5, 0.6) is 0 Å². The third-order valence-electron chi connectivity index (χ3n) is 9.26. The molecule has 0 aromatic rings. The molecule has 0 unspecified atom stereocenters. The lowest BCUT2D eigenvalue weighted by atomic mass is 9.83. The normalized spacial score (nSPS) is 23.6. The molecule has 0 aromatic heterocycles. The Bertz CT molecular complexity index is 951. The first-order valence-corrected chi connectivity index (χ1v) is 19.9. The molecule has 0 aromatic carbocycles. The SMILES string of the molecule is CCC(=C/[C@H](C)C/C=C/C(C)=C/[C@@H](C)[C@@H](O)[C@@H](C)[C@H](O[Si](C)(C)C(C)(C)C)[C@@H](C)CC)/C=C/[C@H]1CC=C[C@H](OC(C)C)O1. The third-order valence-corrected chi connectivity index (χ3v) is 13.7. The maximum absolute atomic E-state index is 11.4. The first-order chi connectivity index (χ1) is 19.9. The van der Waals surface area contributed by atoms with E-state index in [1.165, 1.54) is 11.1 Å². The Balaban J connectivity index is 2.80. The number of hydrogen-bond acceptors (Lipinski definition) is 4. The first kappa shape index (κ1) is 39.8. The molecule has 8 atom stereocenters. The summed E-state index contributed by atoms with van der Waals surface area (Å²) >= 11 is 0. The third kappa shape index (κ3) is 14.2. The van der Waals surface area contributed by atoms with E-state index in [-0.39, 0.29) is 41.5 Å². The molecule has 0 aliphatic carbocycles. The summed E-state index contributed by atoms with van der Waals surface area (Å²) in [6.07, 6.45) is 21.0. The Labute approximate surface area is 267 Å². The van der Waals surface area contributed by atoms with Crippen LogP contribution in [0.15, 0.2) is 59.8 Å². The molecule has 0 saturated heterocycles. The Morgan fingerprint density at radius 2 is 1.70 bits per heavy atom. The summed E-state index contributed by atoms with van der Waals surface area (Å²) in [5, 5.41) is 11.6. The Morgan fingerprint density at radius 1 is 1.05 bits per heavy atom. The van der Waals surface area contributed by atoms with E-state index < -0.39 is 14.4 Å². The smallest absolute Gasteiger partial charge is 0.192 e. The van der Waals surface area contributed by atoms with Crippen LogP contribution in [0.4, 0.5) is 0 Å². The largest absolute Gasteiger partial charge is 0.413 e. The number of rotatable bonds is 17. The van der Waals surface area contributed by atoms with Crippen molar-refractivity contribution in [3.8, 4) is 0 Å². The Morgan fingerprint density at radius 3 is 2.26 bits per heavy atom. The lowest BCUT2D eigenvalue weighted by Crippen LogP contribution is -2.49. The van der Waals surface area contributed by atoms with E-state index in [2.05, 4.69) is 125 Å². The standard InChI is InChI=1S/C38H68O4Si/c1-15-30(7)37(42-43(13,14)38(10,11)12)32(9)36(39)31(8)25-28(5)19-17-20-29(6)26-33(16-2)23-24-34-21-18-22-35(41-34)40-27(3)4/h17-19,22-27,29-32,34-37,39H,15-16,20-21H2,1-14H3/b19-17+,24-23+,28-25+,33-26-/t29-,30+,31-,32-,34-,35-,36-,37-/m1/s1. The van der Waals surface area contributed by atoms with Crippen LogP contribution >= 0.6 is 0 Å². The first-order valence-electron chi connectivity index (χ1n) is 17.0. The van der Waals surface area contributed by atoms with Crippen LogP contribution < -0.4 is 0 Å². The van der Waals surface area contributed by atoms with Crippen molar-refractivity contribution >= 4 is 8.32 Å².